The second-order valence-electron chi connectivity index (χ2n) is 18.3. The van der Waals surface area contributed by atoms with E-state index in [1.54, 1.807) is 97.1 Å². The molecule has 6 aromatic rings. The molecule has 0 aliphatic carbocycles. The number of carbonyl (C=O) groups is 5. The molecule has 6 aromatic carbocycles. The highest BCUT2D eigenvalue weighted by Crippen LogP contribution is 2.41. The molecule has 0 saturated carbocycles. The van der Waals surface area contributed by atoms with Crippen molar-refractivity contribution in [3.8, 4) is 11.5 Å². The van der Waals surface area contributed by atoms with E-state index in [-0.39, 0.29) is 55.3 Å². The number of amides is 4. The van der Waals surface area contributed by atoms with Gasteiger partial charge in [-0.05, 0) is 70.8 Å². The van der Waals surface area contributed by atoms with Crippen LogP contribution in [0.4, 0.5) is 4.79 Å². The number of azide groups is 1. The minimum Gasteiger partial charge on any atom is -0.497 e. The van der Waals surface area contributed by atoms with Gasteiger partial charge in [0.15, 0.2) is 18.6 Å². The van der Waals surface area contributed by atoms with E-state index in [4.69, 9.17) is 54.2 Å². The summed E-state index contributed by atoms with van der Waals surface area (Å²) in [4.78, 5) is 77.1. The summed E-state index contributed by atoms with van der Waals surface area (Å²) in [6.45, 7) is -0.873. The van der Waals surface area contributed by atoms with Gasteiger partial charge in [0.1, 0.15) is 60.7 Å². The number of hydrogen-bond acceptors (Lipinski definition) is 15. The third kappa shape index (κ3) is 11.3. The van der Waals surface area contributed by atoms with Crippen LogP contribution in [-0.2, 0) is 53.0 Å². The van der Waals surface area contributed by atoms with Crippen LogP contribution in [0.5, 0.6) is 11.5 Å². The quantitative estimate of drug-likeness (QED) is 0.0229. The van der Waals surface area contributed by atoms with Gasteiger partial charge in [-0.25, -0.2) is 4.79 Å². The molecule has 4 aliphatic rings. The van der Waals surface area contributed by atoms with Crippen molar-refractivity contribution in [3.05, 3.63) is 213 Å². The van der Waals surface area contributed by atoms with E-state index >= 15 is 0 Å². The van der Waals surface area contributed by atoms with Crippen LogP contribution >= 0.6 is 11.6 Å². The lowest BCUT2D eigenvalue weighted by molar-refractivity contribution is -0.330. The number of hydrogen-bond donors (Lipinski definition) is 0. The second kappa shape index (κ2) is 23.9. The SMILES string of the molecule is COc1ccc(OC[C@H]2O[C@@H](N=[N+]=[N-])[C@H](N3C(=O)c4ccccc4C3=O)[C@@H](OCc3ccccc3)[C@@H]2O[C@@H]2O[C@H](COCc3ccccc3)[C@@H](OC(=O)Cl)[C@H](OCc3ccccc3)[C@H]2N2C(=O)c3ccccc3C2=O)cc1. The molecule has 77 heavy (non-hydrogen) atoms. The van der Waals surface area contributed by atoms with E-state index in [0.29, 0.717) is 22.6 Å². The molecule has 10 rings (SSSR count). The summed E-state index contributed by atoms with van der Waals surface area (Å²) in [6.07, 6.45) is -12.0. The van der Waals surface area contributed by atoms with Crippen molar-refractivity contribution >= 4 is 40.7 Å². The molecular weight excluding hydrogens is 1010 g/mol. The van der Waals surface area contributed by atoms with Crippen LogP contribution in [0.3, 0.4) is 0 Å². The highest BCUT2D eigenvalue weighted by atomic mass is 35.5. The molecule has 0 bridgehead atoms. The summed E-state index contributed by atoms with van der Waals surface area (Å²) >= 11 is 6.08. The average Bonchev–Trinajstić information content (AvgIpc) is 4.05. The van der Waals surface area contributed by atoms with Gasteiger partial charge < -0.3 is 42.6 Å². The summed E-state index contributed by atoms with van der Waals surface area (Å²) in [5.41, 5.74) is 11.3. The van der Waals surface area contributed by atoms with E-state index in [1.165, 1.54) is 31.4 Å². The Bertz CT molecular complexity index is 3060. The molecule has 394 valence electrons. The standard InChI is InChI=1S/C57H50ClN5O14/c1-69-37-25-27-38(28-26-37)71-33-44-47(49(72-30-35-17-7-3-8-18-35)45(51(74-44)60-61-59)62-52(64)39-21-11-12-22-40(39)53(62)65)76-56-46(63-54(66)41-23-13-14-24-42(41)55(63)67)50(73-31-36-19-9-4-10-20-36)48(77-57(58)68)43(75-56)32-70-29-34-15-5-2-6-16-34/h2-28,43-51,56H,29-33H2,1H3/t43-,44-,45-,46-,47-,48-,49-,50-,51-,56+/m1/s1. The first-order valence-corrected chi connectivity index (χ1v) is 25.0. The molecule has 0 spiro atoms. The fourth-order valence-electron chi connectivity index (χ4n) is 10.0. The van der Waals surface area contributed by atoms with Gasteiger partial charge in [0.25, 0.3) is 23.6 Å². The molecule has 19 nitrogen and oxygen atoms in total. The smallest absolute Gasteiger partial charge is 0.404 e. The Hall–Kier alpha value is -7.97. The van der Waals surface area contributed by atoms with Crippen LogP contribution in [0.2, 0.25) is 0 Å². The van der Waals surface area contributed by atoms with E-state index < -0.39 is 90.3 Å². The highest BCUT2D eigenvalue weighted by Gasteiger charge is 2.60. The Labute approximate surface area is 446 Å². The highest BCUT2D eigenvalue weighted by molar-refractivity contribution is 6.61. The number of halogens is 1. The molecule has 4 amide bonds. The van der Waals surface area contributed by atoms with Gasteiger partial charge >= 0.3 is 5.43 Å². The van der Waals surface area contributed by atoms with Gasteiger partial charge in [-0.15, -0.1) is 0 Å². The minimum atomic E-state index is -1.77. The predicted octanol–water partition coefficient (Wildman–Crippen LogP) is 8.68. The van der Waals surface area contributed by atoms with E-state index in [0.717, 1.165) is 15.4 Å². The van der Waals surface area contributed by atoms with Crippen LogP contribution in [0, 0.1) is 0 Å². The van der Waals surface area contributed by atoms with Crippen molar-refractivity contribution in [2.75, 3.05) is 20.3 Å². The summed E-state index contributed by atoms with van der Waals surface area (Å²) in [7, 11) is 1.52. The first kappa shape index (κ1) is 52.5. The van der Waals surface area contributed by atoms with Gasteiger partial charge in [0, 0.05) is 16.5 Å². The van der Waals surface area contributed by atoms with Crippen LogP contribution < -0.4 is 9.47 Å². The molecule has 4 aliphatic heterocycles. The van der Waals surface area contributed by atoms with Crippen molar-refractivity contribution in [2.45, 2.75) is 81.0 Å². The normalized spacial score (nSPS) is 24.7. The van der Waals surface area contributed by atoms with Crippen molar-refractivity contribution in [2.24, 2.45) is 5.11 Å². The molecule has 20 heteroatoms. The molecule has 0 radical (unpaired) electrons. The third-order valence-corrected chi connectivity index (χ3v) is 13.7. The van der Waals surface area contributed by atoms with Crippen molar-refractivity contribution in [1.82, 2.24) is 9.80 Å². The molecular formula is C57H50ClN5O14. The maximum absolute atomic E-state index is 14.9. The Morgan fingerprint density at radius 2 is 1.00 bits per heavy atom. The Kier molecular flexibility index (Phi) is 16.3. The predicted molar refractivity (Wildman–Crippen MR) is 274 cm³/mol. The lowest BCUT2D eigenvalue weighted by Gasteiger charge is -2.51. The minimum absolute atomic E-state index is 0.0657. The van der Waals surface area contributed by atoms with Crippen molar-refractivity contribution in [1.29, 1.82) is 0 Å². The summed E-state index contributed by atoms with van der Waals surface area (Å²) in [5, 5.41) is 4.03. The second-order valence-corrected chi connectivity index (χ2v) is 18.6. The van der Waals surface area contributed by atoms with Crippen LogP contribution in [-0.4, -0.2) is 120 Å². The molecule has 0 aromatic heterocycles. The molecule has 4 heterocycles. The zero-order valence-electron chi connectivity index (χ0n) is 41.2. The monoisotopic (exact) mass is 1060 g/mol. The maximum atomic E-state index is 14.9. The number of rotatable bonds is 20. The van der Waals surface area contributed by atoms with E-state index in [1.807, 2.05) is 42.5 Å². The molecule has 10 atom stereocenters. The summed E-state index contributed by atoms with van der Waals surface area (Å²) in [5.74, 6) is -2.06. The fourth-order valence-corrected chi connectivity index (χ4v) is 10.1. The maximum Gasteiger partial charge on any atom is 0.404 e. The number of fused-ring (bicyclic) bond motifs is 2. The van der Waals surface area contributed by atoms with Gasteiger partial charge in [0.05, 0.1) is 55.8 Å². The number of methoxy groups -OCH3 is 1. The number of benzene rings is 6. The Balaban J connectivity index is 1.13. The van der Waals surface area contributed by atoms with Gasteiger partial charge in [0.2, 0.25) is 0 Å². The first-order chi connectivity index (χ1) is 37.6. The average molecular weight is 1060 g/mol. The Morgan fingerprint density at radius 3 is 1.48 bits per heavy atom. The first-order valence-electron chi connectivity index (χ1n) is 24.6. The van der Waals surface area contributed by atoms with Gasteiger partial charge in [-0.1, -0.05) is 120 Å². The summed E-state index contributed by atoms with van der Waals surface area (Å²) < 4.78 is 58.4. The van der Waals surface area contributed by atoms with Crippen LogP contribution in [0.1, 0.15) is 58.1 Å². The lowest BCUT2D eigenvalue weighted by Crippen LogP contribution is -2.70. The van der Waals surface area contributed by atoms with Crippen LogP contribution in [0.25, 0.3) is 10.4 Å². The molecule has 2 saturated heterocycles. The molecule has 0 N–H and O–H groups in total. The summed E-state index contributed by atoms with van der Waals surface area (Å²) in [6, 6.07) is 43.3. The largest absolute Gasteiger partial charge is 0.497 e. The van der Waals surface area contributed by atoms with Crippen molar-refractivity contribution in [3.63, 3.8) is 0 Å². The topological polar surface area (TPSA) is 224 Å². The lowest BCUT2D eigenvalue weighted by atomic mass is 9.92. The van der Waals surface area contributed by atoms with E-state index in [2.05, 4.69) is 10.0 Å². The van der Waals surface area contributed by atoms with E-state index in [9.17, 15) is 29.5 Å². The fraction of sp³-hybridized carbons (Fsp3) is 0.281. The number of carbonyl (C=O) groups excluding carboxylic acids is 5. The van der Waals surface area contributed by atoms with Crippen LogP contribution in [0.15, 0.2) is 169 Å². The number of imide groups is 2. The number of ether oxygens (including phenoxy) is 9. The van der Waals surface area contributed by atoms with Gasteiger partial charge in [-0.2, -0.15) is 0 Å². The zero-order valence-corrected chi connectivity index (χ0v) is 42.0. The van der Waals surface area contributed by atoms with Gasteiger partial charge in [-0.3, -0.25) is 29.0 Å². The number of nitrogens with zero attached hydrogens (tertiary/aromatic N) is 5. The Morgan fingerprint density at radius 1 is 0.558 bits per heavy atom. The molecule has 0 unspecified atom stereocenters. The van der Waals surface area contributed by atoms with Crippen molar-refractivity contribution < 1.29 is 66.6 Å². The zero-order chi connectivity index (χ0) is 53.4. The molecule has 2 fully saturated rings. The third-order valence-electron chi connectivity index (χ3n) is 13.6.